The predicted molar refractivity (Wildman–Crippen MR) is 170 cm³/mol. The van der Waals surface area contributed by atoms with E-state index >= 15 is 0 Å². The molecule has 44 heavy (non-hydrogen) atoms. The lowest BCUT2D eigenvalue weighted by Gasteiger charge is -2.31. The van der Waals surface area contributed by atoms with Crippen LogP contribution in [-0.4, -0.2) is 35.7 Å². The van der Waals surface area contributed by atoms with Crippen LogP contribution in [0, 0.1) is 0 Å². The Hall–Kier alpha value is -4.53. The van der Waals surface area contributed by atoms with E-state index in [1.54, 1.807) is 42.5 Å². The lowest BCUT2D eigenvalue weighted by Crippen LogP contribution is -2.49. The normalized spacial score (nSPS) is 17.2. The van der Waals surface area contributed by atoms with Crippen LogP contribution in [0.3, 0.4) is 0 Å². The molecule has 0 saturated carbocycles. The third-order valence-corrected chi connectivity index (χ3v) is 7.91. The van der Waals surface area contributed by atoms with Gasteiger partial charge in [0.05, 0.1) is 16.7 Å². The number of hydrogen-bond acceptors (Lipinski definition) is 6. The summed E-state index contributed by atoms with van der Waals surface area (Å²) in [5.74, 6) is 0.535. The SMILES string of the molecule is [N-]=[N+]=Nc1ccccc1C[C@@]1(C(=O)NCc2ccc(Cl)c(Cl)c2)N=C(c2ccc(OCCCO)cc2)O[C@@H]1c1ccccc1. The van der Waals surface area contributed by atoms with Crippen molar-refractivity contribution in [2.45, 2.75) is 31.0 Å². The summed E-state index contributed by atoms with van der Waals surface area (Å²) >= 11 is 12.3. The number of nitrogens with one attached hydrogen (secondary N) is 1. The molecule has 0 spiro atoms. The zero-order valence-corrected chi connectivity index (χ0v) is 25.1. The molecule has 0 radical (unpaired) electrons. The molecule has 0 bridgehead atoms. The van der Waals surface area contributed by atoms with Crippen molar-refractivity contribution in [1.29, 1.82) is 0 Å². The van der Waals surface area contributed by atoms with Crippen LogP contribution in [0.25, 0.3) is 10.4 Å². The molecule has 5 rings (SSSR count). The number of ether oxygens (including phenoxy) is 2. The first-order valence-electron chi connectivity index (χ1n) is 13.9. The van der Waals surface area contributed by atoms with Gasteiger partial charge in [-0.05, 0) is 58.6 Å². The van der Waals surface area contributed by atoms with Gasteiger partial charge in [-0.15, -0.1) is 0 Å². The van der Waals surface area contributed by atoms with E-state index < -0.39 is 11.6 Å². The summed E-state index contributed by atoms with van der Waals surface area (Å²) in [5, 5.41) is 16.7. The Bertz CT molecular complexity index is 1690. The second-order valence-corrected chi connectivity index (χ2v) is 10.9. The van der Waals surface area contributed by atoms with Gasteiger partial charge in [0.1, 0.15) is 5.75 Å². The molecule has 224 valence electrons. The number of hydrogen-bond donors (Lipinski definition) is 2. The number of halogens is 2. The molecule has 0 saturated heterocycles. The number of azide groups is 1. The van der Waals surface area contributed by atoms with Gasteiger partial charge in [0, 0.05) is 42.2 Å². The highest BCUT2D eigenvalue weighted by molar-refractivity contribution is 6.42. The van der Waals surface area contributed by atoms with Crippen LogP contribution in [0.15, 0.2) is 107 Å². The van der Waals surface area contributed by atoms with Crippen molar-refractivity contribution in [3.05, 3.63) is 140 Å². The van der Waals surface area contributed by atoms with E-state index in [1.165, 1.54) is 0 Å². The molecule has 11 heteroatoms. The zero-order valence-electron chi connectivity index (χ0n) is 23.6. The van der Waals surface area contributed by atoms with Gasteiger partial charge >= 0.3 is 0 Å². The predicted octanol–water partition coefficient (Wildman–Crippen LogP) is 7.51. The molecule has 0 aliphatic carbocycles. The highest BCUT2D eigenvalue weighted by atomic mass is 35.5. The van der Waals surface area contributed by atoms with E-state index in [9.17, 15) is 10.3 Å². The lowest BCUT2D eigenvalue weighted by atomic mass is 9.81. The van der Waals surface area contributed by atoms with Crippen LogP contribution < -0.4 is 10.1 Å². The molecule has 1 heterocycles. The lowest BCUT2D eigenvalue weighted by molar-refractivity contribution is -0.129. The van der Waals surface area contributed by atoms with E-state index in [0.717, 1.165) is 11.1 Å². The molecule has 0 fully saturated rings. The fourth-order valence-corrected chi connectivity index (χ4v) is 5.31. The molecule has 2 atom stereocenters. The molecule has 2 N–H and O–H groups in total. The van der Waals surface area contributed by atoms with Gasteiger partial charge in [-0.1, -0.05) is 89.0 Å². The summed E-state index contributed by atoms with van der Waals surface area (Å²) in [7, 11) is 0. The number of aliphatic hydroxyl groups excluding tert-OH is 1. The largest absolute Gasteiger partial charge is 0.494 e. The molecule has 4 aromatic rings. The van der Waals surface area contributed by atoms with Crippen LogP contribution in [0.4, 0.5) is 5.69 Å². The minimum absolute atomic E-state index is 0.0433. The number of aliphatic hydroxyl groups is 1. The van der Waals surface area contributed by atoms with Crippen molar-refractivity contribution in [2.24, 2.45) is 10.1 Å². The number of carbonyl (C=O) groups excluding carboxylic acids is 1. The minimum Gasteiger partial charge on any atom is -0.494 e. The summed E-state index contributed by atoms with van der Waals surface area (Å²) in [5.41, 5.74) is 10.9. The smallest absolute Gasteiger partial charge is 0.252 e. The maximum Gasteiger partial charge on any atom is 0.252 e. The molecular formula is C33H29Cl2N5O4. The van der Waals surface area contributed by atoms with Gasteiger partial charge in [0.15, 0.2) is 11.6 Å². The summed E-state index contributed by atoms with van der Waals surface area (Å²) in [6, 6.07) is 28.9. The van der Waals surface area contributed by atoms with Crippen molar-refractivity contribution in [3.8, 4) is 5.75 Å². The van der Waals surface area contributed by atoms with Crippen LogP contribution in [0.5, 0.6) is 5.75 Å². The van der Waals surface area contributed by atoms with E-state index in [0.29, 0.717) is 45.6 Å². The van der Waals surface area contributed by atoms with Gasteiger partial charge < -0.3 is 19.9 Å². The second-order valence-electron chi connectivity index (χ2n) is 10.1. The van der Waals surface area contributed by atoms with Crippen molar-refractivity contribution < 1.29 is 19.4 Å². The standard InChI is InChI=1S/C33H29Cl2N5O4/c34-27-16-11-22(19-28(27)35)21-37-32(42)33(20-25-9-4-5-10-29(25)39-40-36)30(23-7-2-1-3-8-23)44-31(38-33)24-12-14-26(15-13-24)43-18-6-17-41/h1-5,7-16,19,30,41H,6,17-18,20-21H2,(H,37,42)/t30-,33-/m1/s1. The maximum atomic E-state index is 14.4. The monoisotopic (exact) mass is 629 g/mol. The number of nitrogens with zero attached hydrogens (tertiary/aromatic N) is 4. The summed E-state index contributed by atoms with van der Waals surface area (Å²) < 4.78 is 12.2. The fourth-order valence-electron chi connectivity index (χ4n) is 4.99. The van der Waals surface area contributed by atoms with Crippen LogP contribution in [0.2, 0.25) is 10.0 Å². The Balaban J connectivity index is 1.58. The van der Waals surface area contributed by atoms with Crippen molar-refractivity contribution in [3.63, 3.8) is 0 Å². The topological polar surface area (TPSA) is 129 Å². The number of carbonyl (C=O) groups is 1. The average molecular weight is 631 g/mol. The maximum absolute atomic E-state index is 14.4. The Morgan fingerprint density at radius 1 is 1.02 bits per heavy atom. The molecule has 1 aliphatic heterocycles. The third-order valence-electron chi connectivity index (χ3n) is 7.17. The highest BCUT2D eigenvalue weighted by Crippen LogP contribution is 2.43. The van der Waals surface area contributed by atoms with E-state index in [2.05, 4.69) is 15.3 Å². The minimum atomic E-state index is -1.48. The van der Waals surface area contributed by atoms with Gasteiger partial charge in [-0.25, -0.2) is 4.99 Å². The fraction of sp³-hybridized carbons (Fsp3) is 0.212. The molecule has 1 amide bonds. The van der Waals surface area contributed by atoms with Gasteiger partial charge in [-0.3, -0.25) is 4.79 Å². The first-order chi connectivity index (χ1) is 21.4. The van der Waals surface area contributed by atoms with Crippen LogP contribution in [0.1, 0.15) is 34.8 Å². The summed E-state index contributed by atoms with van der Waals surface area (Å²) in [6.07, 6.45) is -0.207. The molecule has 0 unspecified atom stereocenters. The number of aliphatic imine (C=N–C) groups is 1. The molecular weight excluding hydrogens is 601 g/mol. The van der Waals surface area contributed by atoms with Crippen molar-refractivity contribution in [1.82, 2.24) is 5.32 Å². The number of amides is 1. The van der Waals surface area contributed by atoms with Crippen molar-refractivity contribution in [2.75, 3.05) is 13.2 Å². The first-order valence-corrected chi connectivity index (χ1v) is 14.7. The van der Waals surface area contributed by atoms with E-state index in [1.807, 2.05) is 54.6 Å². The van der Waals surface area contributed by atoms with Crippen LogP contribution >= 0.6 is 23.2 Å². The Kier molecular flexibility index (Phi) is 10.0. The molecule has 4 aromatic carbocycles. The Morgan fingerprint density at radius 3 is 2.50 bits per heavy atom. The van der Waals surface area contributed by atoms with Gasteiger partial charge in [0.25, 0.3) is 5.91 Å². The zero-order chi connectivity index (χ0) is 30.9. The molecule has 0 aromatic heterocycles. The van der Waals surface area contributed by atoms with E-state index in [4.69, 9.17) is 42.8 Å². The number of benzene rings is 4. The summed E-state index contributed by atoms with van der Waals surface area (Å²) in [6.45, 7) is 0.597. The second kappa shape index (κ2) is 14.3. The first kappa shape index (κ1) is 30.9. The van der Waals surface area contributed by atoms with Gasteiger partial charge in [-0.2, -0.15) is 0 Å². The number of rotatable bonds is 12. The molecule has 9 nitrogen and oxygen atoms in total. The quantitative estimate of drug-likeness (QED) is 0.0726. The van der Waals surface area contributed by atoms with Gasteiger partial charge in [0.2, 0.25) is 5.90 Å². The average Bonchev–Trinajstić information content (AvgIpc) is 3.44. The highest BCUT2D eigenvalue weighted by Gasteiger charge is 2.53. The Labute approximate surface area is 264 Å². The molecule has 1 aliphatic rings. The summed E-state index contributed by atoms with van der Waals surface area (Å²) in [4.78, 5) is 22.4. The van der Waals surface area contributed by atoms with Crippen LogP contribution in [-0.2, 0) is 22.5 Å². The van der Waals surface area contributed by atoms with E-state index in [-0.39, 0.29) is 31.4 Å². The van der Waals surface area contributed by atoms with Crippen molar-refractivity contribution >= 4 is 40.7 Å². The Morgan fingerprint density at radius 2 is 1.77 bits per heavy atom. The third kappa shape index (κ3) is 6.98.